The first kappa shape index (κ1) is 14.7. The Hall–Kier alpha value is -0.330. The molecule has 0 unspecified atom stereocenters. The second-order valence-corrected chi connectivity index (χ2v) is 4.37. The average molecular weight is 211 g/mol. The minimum absolute atomic E-state index is 0.473. The molecule has 0 rings (SSSR count). The van der Waals surface area contributed by atoms with E-state index in [1.54, 1.807) is 0 Å². The summed E-state index contributed by atoms with van der Waals surface area (Å²) in [4.78, 5) is 11.4. The molecule has 1 heteroatoms. The zero-order valence-electron chi connectivity index (χ0n) is 10.4. The van der Waals surface area contributed by atoms with Gasteiger partial charge in [0.05, 0.1) is 0 Å². The van der Waals surface area contributed by atoms with Gasteiger partial charge < -0.3 is 0 Å². The van der Waals surface area contributed by atoms with Crippen molar-refractivity contribution in [1.29, 1.82) is 0 Å². The van der Waals surface area contributed by atoms with Crippen LogP contribution in [0.1, 0.15) is 77.6 Å². The zero-order valence-corrected chi connectivity index (χ0v) is 10.4. The summed E-state index contributed by atoms with van der Waals surface area (Å²) < 4.78 is 0. The molecule has 89 valence electrons. The van der Waals surface area contributed by atoms with Crippen LogP contribution in [0, 0.1) is 6.92 Å². The summed E-state index contributed by atoms with van der Waals surface area (Å²) in [7, 11) is 0. The van der Waals surface area contributed by atoms with Crippen LogP contribution in [-0.2, 0) is 4.79 Å². The van der Waals surface area contributed by atoms with Gasteiger partial charge in [-0.05, 0) is 12.8 Å². The van der Waals surface area contributed by atoms with E-state index >= 15 is 0 Å². The van der Waals surface area contributed by atoms with E-state index < -0.39 is 0 Å². The lowest BCUT2D eigenvalue weighted by Crippen LogP contribution is -1.97. The van der Waals surface area contributed by atoms with E-state index in [0.717, 1.165) is 32.1 Å². The number of unbranched alkanes of at least 4 members (excludes halogenated alkanes) is 7. The summed E-state index contributed by atoms with van der Waals surface area (Å²) in [5.41, 5.74) is 0. The minimum atomic E-state index is 0.473. The van der Waals surface area contributed by atoms with Gasteiger partial charge in [0, 0.05) is 12.8 Å². The molecule has 0 saturated heterocycles. The number of hydrogen-bond acceptors (Lipinski definition) is 1. The SMILES string of the molecule is [CH2]CCCCCCCC(=O)CCCCC. The maximum atomic E-state index is 11.4. The second-order valence-electron chi connectivity index (χ2n) is 4.37. The molecule has 0 aliphatic rings. The summed E-state index contributed by atoms with van der Waals surface area (Å²) in [6.45, 7) is 5.99. The van der Waals surface area contributed by atoms with E-state index in [1.807, 2.05) is 0 Å². The Kier molecular flexibility index (Phi) is 11.5. The van der Waals surface area contributed by atoms with Crippen LogP contribution in [-0.4, -0.2) is 5.78 Å². The quantitative estimate of drug-likeness (QED) is 0.453. The van der Waals surface area contributed by atoms with E-state index in [4.69, 9.17) is 0 Å². The molecule has 0 heterocycles. The smallest absolute Gasteiger partial charge is 0.132 e. The standard InChI is InChI=1S/C14H27O/c1-3-5-7-8-9-11-13-14(15)12-10-6-4-2/h1,3-13H2,2H3. The summed E-state index contributed by atoms with van der Waals surface area (Å²) in [5.74, 6) is 0.473. The number of hydrogen-bond donors (Lipinski definition) is 0. The van der Waals surface area contributed by atoms with Gasteiger partial charge in [-0.25, -0.2) is 0 Å². The van der Waals surface area contributed by atoms with Crippen molar-refractivity contribution in [2.24, 2.45) is 0 Å². The van der Waals surface area contributed by atoms with Crippen molar-refractivity contribution in [2.75, 3.05) is 0 Å². The van der Waals surface area contributed by atoms with Crippen LogP contribution in [0.15, 0.2) is 0 Å². The minimum Gasteiger partial charge on any atom is -0.300 e. The fourth-order valence-electron chi connectivity index (χ4n) is 1.73. The molecule has 0 aliphatic heterocycles. The Morgan fingerprint density at radius 3 is 2.00 bits per heavy atom. The molecule has 0 aromatic heterocycles. The molecule has 0 atom stereocenters. The van der Waals surface area contributed by atoms with Crippen molar-refractivity contribution in [2.45, 2.75) is 77.6 Å². The number of ketones is 1. The normalized spacial score (nSPS) is 10.5. The third-order valence-electron chi connectivity index (χ3n) is 2.76. The molecule has 0 spiro atoms. The van der Waals surface area contributed by atoms with Crippen molar-refractivity contribution in [1.82, 2.24) is 0 Å². The number of carbonyl (C=O) groups is 1. The van der Waals surface area contributed by atoms with Crippen LogP contribution in [0.25, 0.3) is 0 Å². The Morgan fingerprint density at radius 2 is 1.40 bits per heavy atom. The fraction of sp³-hybridized carbons (Fsp3) is 0.857. The first-order valence-electron chi connectivity index (χ1n) is 6.62. The molecule has 0 bridgehead atoms. The van der Waals surface area contributed by atoms with Gasteiger partial charge in [0.2, 0.25) is 0 Å². The van der Waals surface area contributed by atoms with E-state index in [9.17, 15) is 4.79 Å². The van der Waals surface area contributed by atoms with Gasteiger partial charge >= 0.3 is 0 Å². The summed E-state index contributed by atoms with van der Waals surface area (Å²) in [5, 5.41) is 0. The molecule has 0 amide bonds. The highest BCUT2D eigenvalue weighted by molar-refractivity contribution is 5.78. The molecule has 0 N–H and O–H groups in total. The monoisotopic (exact) mass is 211 g/mol. The highest BCUT2D eigenvalue weighted by atomic mass is 16.1. The van der Waals surface area contributed by atoms with Crippen LogP contribution < -0.4 is 0 Å². The van der Waals surface area contributed by atoms with Crippen LogP contribution >= 0.6 is 0 Å². The first-order chi connectivity index (χ1) is 7.31. The fourth-order valence-corrected chi connectivity index (χ4v) is 1.73. The highest BCUT2D eigenvalue weighted by Gasteiger charge is 2.00. The number of carbonyl (C=O) groups excluding carboxylic acids is 1. The predicted molar refractivity (Wildman–Crippen MR) is 66.8 cm³/mol. The average Bonchev–Trinajstić information content (AvgIpc) is 2.23. The van der Waals surface area contributed by atoms with Crippen molar-refractivity contribution in [3.05, 3.63) is 6.92 Å². The molecular weight excluding hydrogens is 184 g/mol. The van der Waals surface area contributed by atoms with Crippen molar-refractivity contribution < 1.29 is 4.79 Å². The molecule has 0 fully saturated rings. The van der Waals surface area contributed by atoms with Gasteiger partial charge in [0.25, 0.3) is 0 Å². The van der Waals surface area contributed by atoms with E-state index in [1.165, 1.54) is 38.5 Å². The van der Waals surface area contributed by atoms with Gasteiger partial charge in [0.1, 0.15) is 5.78 Å². The molecule has 1 nitrogen and oxygen atoms in total. The molecular formula is C14H27O. The van der Waals surface area contributed by atoms with E-state index in [-0.39, 0.29) is 0 Å². The summed E-state index contributed by atoms with van der Waals surface area (Å²) >= 11 is 0. The summed E-state index contributed by atoms with van der Waals surface area (Å²) in [6.07, 6.45) is 12.3. The molecule has 1 radical (unpaired) electrons. The van der Waals surface area contributed by atoms with E-state index in [0.29, 0.717) is 5.78 Å². The van der Waals surface area contributed by atoms with Crippen LogP contribution in [0.2, 0.25) is 0 Å². The van der Waals surface area contributed by atoms with Crippen molar-refractivity contribution >= 4 is 5.78 Å². The van der Waals surface area contributed by atoms with Crippen LogP contribution in [0.3, 0.4) is 0 Å². The third-order valence-corrected chi connectivity index (χ3v) is 2.76. The second kappa shape index (κ2) is 11.7. The lowest BCUT2D eigenvalue weighted by atomic mass is 10.0. The van der Waals surface area contributed by atoms with Crippen molar-refractivity contribution in [3.8, 4) is 0 Å². The number of Topliss-reactive ketones (excluding diaryl/α,β-unsaturated/α-hetero) is 1. The van der Waals surface area contributed by atoms with Gasteiger partial charge in [0.15, 0.2) is 0 Å². The maximum Gasteiger partial charge on any atom is 0.132 e. The first-order valence-corrected chi connectivity index (χ1v) is 6.62. The van der Waals surface area contributed by atoms with Gasteiger partial charge in [-0.2, -0.15) is 0 Å². The Balaban J connectivity index is 3.10. The lowest BCUT2D eigenvalue weighted by Gasteiger charge is -2.01. The molecule has 15 heavy (non-hydrogen) atoms. The Labute approximate surface area is 95.6 Å². The Morgan fingerprint density at radius 1 is 0.867 bits per heavy atom. The largest absolute Gasteiger partial charge is 0.300 e. The van der Waals surface area contributed by atoms with Gasteiger partial charge in [-0.15, -0.1) is 0 Å². The summed E-state index contributed by atoms with van der Waals surface area (Å²) in [6, 6.07) is 0. The molecule has 0 aromatic rings. The number of rotatable bonds is 11. The maximum absolute atomic E-state index is 11.4. The predicted octanol–water partition coefficient (Wildman–Crippen LogP) is 4.70. The van der Waals surface area contributed by atoms with Gasteiger partial charge in [-0.3, -0.25) is 4.79 Å². The van der Waals surface area contributed by atoms with Crippen LogP contribution in [0.5, 0.6) is 0 Å². The lowest BCUT2D eigenvalue weighted by molar-refractivity contribution is -0.119. The highest BCUT2D eigenvalue weighted by Crippen LogP contribution is 2.09. The molecule has 0 aromatic carbocycles. The molecule has 0 saturated carbocycles. The molecule has 0 aliphatic carbocycles. The Bertz CT molecular complexity index is 140. The van der Waals surface area contributed by atoms with Crippen molar-refractivity contribution in [3.63, 3.8) is 0 Å². The third kappa shape index (κ3) is 11.6. The van der Waals surface area contributed by atoms with Crippen LogP contribution in [0.4, 0.5) is 0 Å². The zero-order chi connectivity index (χ0) is 11.4. The van der Waals surface area contributed by atoms with Gasteiger partial charge in [-0.1, -0.05) is 58.8 Å². The topological polar surface area (TPSA) is 17.1 Å². The van der Waals surface area contributed by atoms with E-state index in [2.05, 4.69) is 13.8 Å².